The fourth-order valence-corrected chi connectivity index (χ4v) is 1.43. The van der Waals surface area contributed by atoms with Crippen LogP contribution >= 0.6 is 0 Å². The highest BCUT2D eigenvalue weighted by atomic mass is 16.7. The van der Waals surface area contributed by atoms with E-state index < -0.39 is 17.8 Å². The van der Waals surface area contributed by atoms with Gasteiger partial charge in [-0.1, -0.05) is 6.08 Å². The minimum Gasteiger partial charge on any atom is -0.356 e. The van der Waals surface area contributed by atoms with Crippen LogP contribution in [0.2, 0.25) is 0 Å². The van der Waals surface area contributed by atoms with Crippen molar-refractivity contribution in [2.24, 2.45) is 0 Å². The molecule has 0 aromatic carbocycles. The van der Waals surface area contributed by atoms with Gasteiger partial charge in [0.05, 0.1) is 6.42 Å². The first-order valence-corrected chi connectivity index (χ1v) is 5.98. The van der Waals surface area contributed by atoms with E-state index in [1.54, 1.807) is 6.08 Å². The quantitative estimate of drug-likeness (QED) is 0.521. The first-order chi connectivity index (χ1) is 9.04. The number of hydrogen-bond donors (Lipinski definition) is 1. The molecule has 1 fully saturated rings. The third-order valence-corrected chi connectivity index (χ3v) is 2.43. The van der Waals surface area contributed by atoms with Gasteiger partial charge in [-0.25, -0.2) is 4.79 Å². The molecule has 7 heteroatoms. The molecule has 0 bridgehead atoms. The first-order valence-electron chi connectivity index (χ1n) is 5.98. The third kappa shape index (κ3) is 4.90. The molecule has 19 heavy (non-hydrogen) atoms. The molecule has 0 aromatic rings. The molecule has 7 nitrogen and oxygen atoms in total. The van der Waals surface area contributed by atoms with E-state index in [4.69, 9.17) is 0 Å². The van der Waals surface area contributed by atoms with E-state index in [1.165, 1.54) is 0 Å². The Morgan fingerprint density at radius 3 is 2.47 bits per heavy atom. The number of imide groups is 1. The highest BCUT2D eigenvalue weighted by Gasteiger charge is 2.32. The Morgan fingerprint density at radius 1 is 1.26 bits per heavy atom. The number of amides is 3. The lowest BCUT2D eigenvalue weighted by molar-refractivity contribution is -0.197. The van der Waals surface area contributed by atoms with Gasteiger partial charge in [0, 0.05) is 25.8 Å². The van der Waals surface area contributed by atoms with Crippen LogP contribution in [0.25, 0.3) is 0 Å². The van der Waals surface area contributed by atoms with E-state index in [0.29, 0.717) is 17.9 Å². The highest BCUT2D eigenvalue weighted by Crippen LogP contribution is 2.12. The largest absolute Gasteiger partial charge is 0.356 e. The van der Waals surface area contributed by atoms with Crippen molar-refractivity contribution in [3.05, 3.63) is 12.7 Å². The number of nitrogens with zero attached hydrogens (tertiary/aromatic N) is 1. The van der Waals surface area contributed by atoms with Crippen molar-refractivity contribution in [2.45, 2.75) is 32.1 Å². The molecule has 3 amide bonds. The summed E-state index contributed by atoms with van der Waals surface area (Å²) in [4.78, 5) is 49.5. The van der Waals surface area contributed by atoms with Gasteiger partial charge in [0.1, 0.15) is 0 Å². The van der Waals surface area contributed by atoms with Gasteiger partial charge in [-0.15, -0.1) is 11.6 Å². The molecule has 1 saturated heterocycles. The molecule has 1 aliphatic heterocycles. The molecule has 0 spiro atoms. The van der Waals surface area contributed by atoms with E-state index in [1.807, 2.05) is 0 Å². The lowest BCUT2D eigenvalue weighted by atomic mass is 10.3. The smallest absolute Gasteiger partial charge is 0.334 e. The topological polar surface area (TPSA) is 92.8 Å². The SMILES string of the molecule is C=CCCC(=O)NCCC(=O)ON1C(=O)CCC1=O. The molecule has 0 atom stereocenters. The average Bonchev–Trinajstić information content (AvgIpc) is 2.68. The Hall–Kier alpha value is -2.18. The van der Waals surface area contributed by atoms with Crippen LogP contribution in [0.15, 0.2) is 12.7 Å². The van der Waals surface area contributed by atoms with Gasteiger partial charge in [-0.05, 0) is 6.42 Å². The van der Waals surface area contributed by atoms with Crippen LogP contribution < -0.4 is 5.32 Å². The number of hydroxylamine groups is 2. The number of carbonyl (C=O) groups is 4. The number of carbonyl (C=O) groups excluding carboxylic acids is 4. The van der Waals surface area contributed by atoms with Gasteiger partial charge >= 0.3 is 5.97 Å². The molecule has 1 aliphatic rings. The molecule has 1 rings (SSSR count). The van der Waals surface area contributed by atoms with Crippen molar-refractivity contribution in [1.82, 2.24) is 10.4 Å². The van der Waals surface area contributed by atoms with E-state index in [0.717, 1.165) is 0 Å². The Morgan fingerprint density at radius 2 is 1.89 bits per heavy atom. The second-order valence-corrected chi connectivity index (χ2v) is 3.97. The summed E-state index contributed by atoms with van der Waals surface area (Å²) < 4.78 is 0. The minimum atomic E-state index is -0.729. The molecule has 1 heterocycles. The maximum Gasteiger partial charge on any atom is 0.334 e. The maximum absolute atomic E-state index is 11.3. The predicted octanol–water partition coefficient (Wildman–Crippen LogP) is 0.0661. The number of hydrogen-bond acceptors (Lipinski definition) is 5. The van der Waals surface area contributed by atoms with Crippen LogP contribution in [0, 0.1) is 0 Å². The zero-order valence-electron chi connectivity index (χ0n) is 10.5. The Labute approximate surface area is 110 Å². The Bertz CT molecular complexity index is 389. The van der Waals surface area contributed by atoms with Crippen LogP contribution in [0.5, 0.6) is 0 Å². The van der Waals surface area contributed by atoms with Gasteiger partial charge in [-0.3, -0.25) is 14.4 Å². The van der Waals surface area contributed by atoms with Crippen LogP contribution in [0.1, 0.15) is 32.1 Å². The molecular formula is C12H16N2O5. The van der Waals surface area contributed by atoms with Crippen LogP contribution in [-0.2, 0) is 24.0 Å². The van der Waals surface area contributed by atoms with E-state index in [9.17, 15) is 19.2 Å². The maximum atomic E-state index is 11.3. The van der Waals surface area contributed by atoms with Crippen molar-refractivity contribution < 1.29 is 24.0 Å². The first kappa shape index (κ1) is 14.9. The molecule has 0 aromatic heterocycles. The van der Waals surface area contributed by atoms with Crippen LogP contribution in [0.4, 0.5) is 0 Å². The highest BCUT2D eigenvalue weighted by molar-refractivity contribution is 6.01. The molecule has 1 N–H and O–H groups in total. The number of nitrogens with one attached hydrogen (secondary N) is 1. The second kappa shape index (κ2) is 7.30. The van der Waals surface area contributed by atoms with Gasteiger partial charge in [0.2, 0.25) is 5.91 Å². The van der Waals surface area contributed by atoms with Crippen molar-refractivity contribution in [3.8, 4) is 0 Å². The molecule has 0 radical (unpaired) electrons. The second-order valence-electron chi connectivity index (χ2n) is 3.97. The summed E-state index contributed by atoms with van der Waals surface area (Å²) >= 11 is 0. The molecular weight excluding hydrogens is 252 g/mol. The van der Waals surface area contributed by atoms with Gasteiger partial charge in [-0.2, -0.15) is 0 Å². The standard InChI is InChI=1S/C12H16N2O5/c1-2-3-4-9(15)13-8-7-12(18)19-14-10(16)5-6-11(14)17/h2H,1,3-8H2,(H,13,15). The van der Waals surface area contributed by atoms with Gasteiger partial charge in [0.25, 0.3) is 11.8 Å². The van der Waals surface area contributed by atoms with E-state index >= 15 is 0 Å². The van der Waals surface area contributed by atoms with Gasteiger partial charge < -0.3 is 10.2 Å². The van der Waals surface area contributed by atoms with E-state index in [2.05, 4.69) is 16.7 Å². The van der Waals surface area contributed by atoms with Crippen LogP contribution in [-0.4, -0.2) is 35.3 Å². The number of rotatable bonds is 7. The van der Waals surface area contributed by atoms with Gasteiger partial charge in [0.15, 0.2) is 0 Å². The van der Waals surface area contributed by atoms with Crippen LogP contribution in [0.3, 0.4) is 0 Å². The zero-order chi connectivity index (χ0) is 14.3. The predicted molar refractivity (Wildman–Crippen MR) is 64.2 cm³/mol. The molecule has 0 unspecified atom stereocenters. The molecule has 104 valence electrons. The summed E-state index contributed by atoms with van der Waals surface area (Å²) in [7, 11) is 0. The summed E-state index contributed by atoms with van der Waals surface area (Å²) in [6, 6.07) is 0. The summed E-state index contributed by atoms with van der Waals surface area (Å²) in [5, 5.41) is 3.01. The Kier molecular flexibility index (Phi) is 5.72. The zero-order valence-corrected chi connectivity index (χ0v) is 10.5. The van der Waals surface area contributed by atoms with Crippen molar-refractivity contribution in [3.63, 3.8) is 0 Å². The van der Waals surface area contributed by atoms with Crippen molar-refractivity contribution >= 4 is 23.7 Å². The summed E-state index contributed by atoms with van der Waals surface area (Å²) in [6.07, 6.45) is 2.51. The fourth-order valence-electron chi connectivity index (χ4n) is 1.43. The normalized spacial score (nSPS) is 14.4. The van der Waals surface area contributed by atoms with Crippen molar-refractivity contribution in [2.75, 3.05) is 6.54 Å². The lowest BCUT2D eigenvalue weighted by Gasteiger charge is -2.12. The summed E-state index contributed by atoms with van der Waals surface area (Å²) in [5.74, 6) is -1.96. The summed E-state index contributed by atoms with van der Waals surface area (Å²) in [5.41, 5.74) is 0. The minimum absolute atomic E-state index is 0.0599. The molecule has 0 saturated carbocycles. The summed E-state index contributed by atoms with van der Waals surface area (Å²) in [6.45, 7) is 3.59. The Balaban J connectivity index is 2.21. The lowest BCUT2D eigenvalue weighted by Crippen LogP contribution is -2.33. The monoisotopic (exact) mass is 268 g/mol. The third-order valence-electron chi connectivity index (χ3n) is 2.43. The van der Waals surface area contributed by atoms with E-state index in [-0.39, 0.29) is 31.7 Å². The molecule has 0 aliphatic carbocycles. The number of allylic oxidation sites excluding steroid dienone is 1. The fraction of sp³-hybridized carbons (Fsp3) is 0.500. The average molecular weight is 268 g/mol. The van der Waals surface area contributed by atoms with Crippen molar-refractivity contribution in [1.29, 1.82) is 0 Å².